The van der Waals surface area contributed by atoms with Crippen LogP contribution in [0, 0.1) is 32.1 Å². The van der Waals surface area contributed by atoms with Crippen molar-refractivity contribution in [1.82, 2.24) is 9.97 Å². The first-order valence-corrected chi connectivity index (χ1v) is 10.2. The van der Waals surface area contributed by atoms with Gasteiger partial charge in [-0.05, 0) is 60.7 Å². The van der Waals surface area contributed by atoms with Crippen molar-refractivity contribution in [3.63, 3.8) is 0 Å². The van der Waals surface area contributed by atoms with Crippen LogP contribution in [0.1, 0.15) is 44.9 Å². The highest BCUT2D eigenvalue weighted by molar-refractivity contribution is 5.69. The zero-order valence-electron chi connectivity index (χ0n) is 17.7. The first-order valence-electron chi connectivity index (χ1n) is 10.2. The number of hydrogen-bond donors (Lipinski definition) is 1. The van der Waals surface area contributed by atoms with Crippen molar-refractivity contribution in [2.75, 3.05) is 0 Å². The van der Waals surface area contributed by atoms with Gasteiger partial charge in [0.15, 0.2) is 0 Å². The lowest BCUT2D eigenvalue weighted by atomic mass is 9.95. The zero-order chi connectivity index (χ0) is 21.1. The van der Waals surface area contributed by atoms with E-state index in [0.29, 0.717) is 5.56 Å². The second kappa shape index (κ2) is 8.39. The first kappa shape index (κ1) is 19.7. The van der Waals surface area contributed by atoms with Gasteiger partial charge in [-0.15, -0.1) is 0 Å². The van der Waals surface area contributed by atoms with E-state index in [1.54, 1.807) is 0 Å². The molecular weight excluding hydrogens is 366 g/mol. The summed E-state index contributed by atoms with van der Waals surface area (Å²) in [5.74, 6) is 0.970. The average molecular weight is 392 g/mol. The molecule has 0 saturated heterocycles. The third kappa shape index (κ3) is 4.50. The maximum Gasteiger partial charge on any atom is 0.110 e. The number of rotatable bonds is 5. The molecule has 0 unspecified atom stereocenters. The van der Waals surface area contributed by atoms with Crippen molar-refractivity contribution in [3.8, 4) is 17.2 Å². The number of nitrogens with zero attached hydrogens (tertiary/aromatic N) is 2. The van der Waals surface area contributed by atoms with Gasteiger partial charge in [-0.2, -0.15) is 5.26 Å². The van der Waals surface area contributed by atoms with Crippen molar-refractivity contribution >= 4 is 0 Å². The third-order valence-corrected chi connectivity index (χ3v) is 5.35. The Kier molecular flexibility index (Phi) is 5.50. The van der Waals surface area contributed by atoms with Crippen molar-refractivity contribution in [2.45, 2.75) is 33.6 Å². The van der Waals surface area contributed by atoms with E-state index in [1.807, 2.05) is 30.5 Å². The van der Waals surface area contributed by atoms with Crippen LogP contribution in [0.2, 0.25) is 0 Å². The largest absolute Gasteiger partial charge is 0.345 e. The minimum atomic E-state index is 0.684. The summed E-state index contributed by atoms with van der Waals surface area (Å²) in [6, 6.07) is 23.2. The standard InChI is InChI=1S/C27H25N3/c1-18-10-19(2)12-24(11-18)26-9-8-23(13-20(26)3)15-27-29-17-25(30-27)14-21-4-6-22(16-28)7-5-21/h4-13,17H,14-15H2,1-3H3,(H,29,30). The molecule has 0 aliphatic heterocycles. The Labute approximate surface area is 178 Å². The quantitative estimate of drug-likeness (QED) is 0.450. The fraction of sp³-hybridized carbons (Fsp3) is 0.185. The molecule has 3 aromatic carbocycles. The van der Waals surface area contributed by atoms with Gasteiger partial charge in [0.05, 0.1) is 11.6 Å². The highest BCUT2D eigenvalue weighted by Gasteiger charge is 2.08. The van der Waals surface area contributed by atoms with E-state index in [4.69, 9.17) is 5.26 Å². The number of H-pyrrole nitrogens is 1. The van der Waals surface area contributed by atoms with Crippen LogP contribution in [0.15, 0.2) is 66.9 Å². The van der Waals surface area contributed by atoms with Crippen LogP contribution >= 0.6 is 0 Å². The minimum absolute atomic E-state index is 0.684. The predicted molar refractivity (Wildman–Crippen MR) is 121 cm³/mol. The summed E-state index contributed by atoms with van der Waals surface area (Å²) in [7, 11) is 0. The van der Waals surface area contributed by atoms with Crippen molar-refractivity contribution in [1.29, 1.82) is 5.26 Å². The van der Waals surface area contributed by atoms with E-state index in [2.05, 4.69) is 73.2 Å². The molecule has 1 N–H and O–H groups in total. The molecule has 0 radical (unpaired) electrons. The monoisotopic (exact) mass is 391 g/mol. The van der Waals surface area contributed by atoms with Crippen LogP contribution in [0.5, 0.6) is 0 Å². The second-order valence-electron chi connectivity index (χ2n) is 8.04. The molecule has 3 nitrogen and oxygen atoms in total. The van der Waals surface area contributed by atoms with Gasteiger partial charge in [-0.25, -0.2) is 4.98 Å². The van der Waals surface area contributed by atoms with Gasteiger partial charge >= 0.3 is 0 Å². The number of aromatic nitrogens is 2. The lowest BCUT2D eigenvalue weighted by Gasteiger charge is -2.10. The molecule has 0 aliphatic carbocycles. The Morgan fingerprint density at radius 3 is 2.20 bits per heavy atom. The van der Waals surface area contributed by atoms with E-state index in [9.17, 15) is 0 Å². The molecule has 0 fully saturated rings. The minimum Gasteiger partial charge on any atom is -0.345 e. The van der Waals surface area contributed by atoms with Crippen molar-refractivity contribution in [2.24, 2.45) is 0 Å². The summed E-state index contributed by atoms with van der Waals surface area (Å²) in [5, 5.41) is 8.92. The molecule has 4 rings (SSSR count). The predicted octanol–water partition coefficient (Wildman–Crippen LogP) is 6.06. The summed E-state index contributed by atoms with van der Waals surface area (Å²) in [6.07, 6.45) is 3.47. The molecule has 1 heterocycles. The lowest BCUT2D eigenvalue weighted by molar-refractivity contribution is 0.998. The number of benzene rings is 3. The Morgan fingerprint density at radius 2 is 1.53 bits per heavy atom. The molecule has 0 saturated carbocycles. The molecule has 0 amide bonds. The van der Waals surface area contributed by atoms with Gasteiger partial charge in [0.25, 0.3) is 0 Å². The highest BCUT2D eigenvalue weighted by atomic mass is 14.9. The summed E-state index contributed by atoms with van der Waals surface area (Å²) < 4.78 is 0. The molecule has 0 atom stereocenters. The van der Waals surface area contributed by atoms with Crippen LogP contribution in [0.3, 0.4) is 0 Å². The van der Waals surface area contributed by atoms with E-state index >= 15 is 0 Å². The molecule has 1 aromatic heterocycles. The van der Waals surface area contributed by atoms with Crippen LogP contribution < -0.4 is 0 Å². The Morgan fingerprint density at radius 1 is 0.833 bits per heavy atom. The van der Waals surface area contributed by atoms with E-state index in [0.717, 1.165) is 29.9 Å². The Hall–Kier alpha value is -3.64. The number of imidazole rings is 1. The summed E-state index contributed by atoms with van der Waals surface area (Å²) in [5.41, 5.74) is 10.6. The fourth-order valence-electron chi connectivity index (χ4n) is 3.99. The number of nitrogens with one attached hydrogen (secondary N) is 1. The summed E-state index contributed by atoms with van der Waals surface area (Å²) in [4.78, 5) is 8.01. The van der Waals surface area contributed by atoms with Crippen molar-refractivity contribution in [3.05, 3.63) is 112 Å². The number of aryl methyl sites for hydroxylation is 3. The maximum atomic E-state index is 8.92. The van der Waals surface area contributed by atoms with Gasteiger partial charge in [0, 0.05) is 24.7 Å². The second-order valence-corrected chi connectivity index (χ2v) is 8.04. The van der Waals surface area contributed by atoms with Gasteiger partial charge < -0.3 is 4.98 Å². The van der Waals surface area contributed by atoms with E-state index in [1.165, 1.54) is 33.4 Å². The first-order chi connectivity index (χ1) is 14.5. The fourth-order valence-corrected chi connectivity index (χ4v) is 3.99. The molecule has 4 aromatic rings. The van der Waals surface area contributed by atoms with E-state index < -0.39 is 0 Å². The molecule has 0 aliphatic rings. The topological polar surface area (TPSA) is 52.5 Å². The van der Waals surface area contributed by atoms with Gasteiger partial charge in [0.1, 0.15) is 5.82 Å². The number of hydrogen-bond acceptors (Lipinski definition) is 2. The maximum absolute atomic E-state index is 8.92. The molecular formula is C27H25N3. The SMILES string of the molecule is Cc1cc(C)cc(-c2ccc(Cc3ncc(Cc4ccc(C#N)cc4)[nH]3)cc2C)c1. The van der Waals surface area contributed by atoms with Crippen LogP contribution in [0.25, 0.3) is 11.1 Å². The molecule has 0 bridgehead atoms. The van der Waals surface area contributed by atoms with Crippen molar-refractivity contribution < 1.29 is 0 Å². The van der Waals surface area contributed by atoms with Crippen LogP contribution in [-0.2, 0) is 12.8 Å². The molecule has 3 heteroatoms. The summed E-state index contributed by atoms with van der Waals surface area (Å²) >= 11 is 0. The number of nitriles is 1. The summed E-state index contributed by atoms with van der Waals surface area (Å²) in [6.45, 7) is 6.47. The Bertz CT molecular complexity index is 1200. The molecule has 148 valence electrons. The van der Waals surface area contributed by atoms with E-state index in [-0.39, 0.29) is 0 Å². The molecule has 0 spiro atoms. The average Bonchev–Trinajstić information content (AvgIpc) is 3.14. The van der Waals surface area contributed by atoms with Gasteiger partial charge in [0.2, 0.25) is 0 Å². The highest BCUT2D eigenvalue weighted by Crippen LogP contribution is 2.27. The molecule has 30 heavy (non-hydrogen) atoms. The Balaban J connectivity index is 1.48. The lowest BCUT2D eigenvalue weighted by Crippen LogP contribution is -1.94. The van der Waals surface area contributed by atoms with Gasteiger partial charge in [-0.1, -0.05) is 59.7 Å². The van der Waals surface area contributed by atoms with Crippen LogP contribution in [0.4, 0.5) is 0 Å². The number of aromatic amines is 1. The smallest absolute Gasteiger partial charge is 0.110 e. The normalized spacial score (nSPS) is 10.7. The van der Waals surface area contributed by atoms with Crippen LogP contribution in [-0.4, -0.2) is 9.97 Å². The van der Waals surface area contributed by atoms with Gasteiger partial charge in [-0.3, -0.25) is 0 Å². The third-order valence-electron chi connectivity index (χ3n) is 5.35. The zero-order valence-corrected chi connectivity index (χ0v) is 17.7.